The number of likely N-dealkylation sites (tertiary alicyclic amines) is 1. The standard InChI is InChI=1S/C12H21N5S/c1-3-17-6-4-5-10(17)8-13-11-7-12(16-18-2)15-9-14-11/h7,9-10H,3-6,8H2,1-2H3,(H2,13,14,15,16). The Bertz CT molecular complexity index is 373. The zero-order valence-corrected chi connectivity index (χ0v) is 11.8. The summed E-state index contributed by atoms with van der Waals surface area (Å²) in [6, 6.07) is 2.59. The Hall–Kier alpha value is -1.01. The molecule has 5 nitrogen and oxygen atoms in total. The number of rotatable bonds is 6. The van der Waals surface area contributed by atoms with Crippen LogP contribution in [0.15, 0.2) is 12.4 Å². The molecule has 1 aliphatic heterocycles. The summed E-state index contributed by atoms with van der Waals surface area (Å²) < 4.78 is 3.11. The zero-order valence-electron chi connectivity index (χ0n) is 11.0. The van der Waals surface area contributed by atoms with E-state index in [1.165, 1.54) is 31.3 Å². The molecule has 18 heavy (non-hydrogen) atoms. The SMILES string of the molecule is CCN1CCCC1CNc1cc(NSC)ncn1. The maximum atomic E-state index is 4.24. The average molecular weight is 267 g/mol. The van der Waals surface area contributed by atoms with E-state index in [2.05, 4.69) is 31.8 Å². The van der Waals surface area contributed by atoms with Crippen LogP contribution < -0.4 is 10.0 Å². The molecule has 2 rings (SSSR count). The van der Waals surface area contributed by atoms with Crippen molar-refractivity contribution in [1.82, 2.24) is 14.9 Å². The Balaban J connectivity index is 1.87. The normalized spacial score (nSPS) is 20.0. The molecule has 2 heterocycles. The zero-order chi connectivity index (χ0) is 12.8. The third kappa shape index (κ3) is 3.49. The van der Waals surface area contributed by atoms with Crippen molar-refractivity contribution in [2.24, 2.45) is 0 Å². The van der Waals surface area contributed by atoms with Crippen LogP contribution >= 0.6 is 11.9 Å². The van der Waals surface area contributed by atoms with Gasteiger partial charge in [-0.05, 0) is 25.9 Å². The topological polar surface area (TPSA) is 53.1 Å². The van der Waals surface area contributed by atoms with Crippen LogP contribution in [-0.2, 0) is 0 Å². The number of nitrogens with zero attached hydrogens (tertiary/aromatic N) is 3. The highest BCUT2D eigenvalue weighted by Crippen LogP contribution is 2.17. The second kappa shape index (κ2) is 6.80. The van der Waals surface area contributed by atoms with Gasteiger partial charge in [0.2, 0.25) is 0 Å². The van der Waals surface area contributed by atoms with Crippen LogP contribution in [0.4, 0.5) is 11.6 Å². The number of anilines is 2. The minimum absolute atomic E-state index is 0.641. The van der Waals surface area contributed by atoms with Crippen molar-refractivity contribution in [3.63, 3.8) is 0 Å². The molecule has 1 saturated heterocycles. The maximum Gasteiger partial charge on any atom is 0.141 e. The first-order chi connectivity index (χ1) is 8.83. The van der Waals surface area contributed by atoms with Crippen molar-refractivity contribution < 1.29 is 0 Å². The fraction of sp³-hybridized carbons (Fsp3) is 0.667. The molecule has 2 N–H and O–H groups in total. The fourth-order valence-electron chi connectivity index (χ4n) is 2.38. The molecular weight excluding hydrogens is 246 g/mol. The Morgan fingerprint density at radius 1 is 1.44 bits per heavy atom. The highest BCUT2D eigenvalue weighted by atomic mass is 32.2. The molecule has 1 fully saturated rings. The van der Waals surface area contributed by atoms with Crippen LogP contribution in [-0.4, -0.2) is 46.8 Å². The first-order valence-electron chi connectivity index (χ1n) is 6.42. The first-order valence-corrected chi connectivity index (χ1v) is 7.65. The van der Waals surface area contributed by atoms with Gasteiger partial charge in [0.15, 0.2) is 0 Å². The Morgan fingerprint density at radius 3 is 3.06 bits per heavy atom. The van der Waals surface area contributed by atoms with Crippen molar-refractivity contribution in [3.8, 4) is 0 Å². The second-order valence-electron chi connectivity index (χ2n) is 4.40. The number of hydrogen-bond donors (Lipinski definition) is 2. The fourth-order valence-corrected chi connectivity index (χ4v) is 2.70. The lowest BCUT2D eigenvalue weighted by Gasteiger charge is -2.23. The summed E-state index contributed by atoms with van der Waals surface area (Å²) in [5.41, 5.74) is 0. The van der Waals surface area contributed by atoms with Gasteiger partial charge >= 0.3 is 0 Å². The van der Waals surface area contributed by atoms with E-state index in [1.807, 2.05) is 12.3 Å². The molecule has 0 amide bonds. The monoisotopic (exact) mass is 267 g/mol. The molecular formula is C12H21N5S. The van der Waals surface area contributed by atoms with E-state index in [4.69, 9.17) is 0 Å². The number of aromatic nitrogens is 2. The molecule has 0 aliphatic carbocycles. The number of nitrogens with one attached hydrogen (secondary N) is 2. The predicted molar refractivity (Wildman–Crippen MR) is 77.9 cm³/mol. The molecule has 100 valence electrons. The van der Waals surface area contributed by atoms with Crippen molar-refractivity contribution in [3.05, 3.63) is 12.4 Å². The lowest BCUT2D eigenvalue weighted by molar-refractivity contribution is 0.277. The van der Waals surface area contributed by atoms with Gasteiger partial charge in [-0.2, -0.15) is 0 Å². The summed E-state index contributed by atoms with van der Waals surface area (Å²) in [4.78, 5) is 10.9. The van der Waals surface area contributed by atoms with Gasteiger partial charge in [0.25, 0.3) is 0 Å². The van der Waals surface area contributed by atoms with E-state index in [0.717, 1.165) is 24.7 Å². The Kier molecular flexibility index (Phi) is 5.07. The predicted octanol–water partition coefficient (Wildman–Crippen LogP) is 2.06. The van der Waals surface area contributed by atoms with E-state index >= 15 is 0 Å². The van der Waals surface area contributed by atoms with Gasteiger partial charge in [-0.25, -0.2) is 9.97 Å². The van der Waals surface area contributed by atoms with Crippen LogP contribution in [0.1, 0.15) is 19.8 Å². The van der Waals surface area contributed by atoms with Gasteiger partial charge in [-0.1, -0.05) is 18.9 Å². The van der Waals surface area contributed by atoms with E-state index in [-0.39, 0.29) is 0 Å². The molecule has 0 saturated carbocycles. The van der Waals surface area contributed by atoms with Crippen LogP contribution in [0.3, 0.4) is 0 Å². The summed E-state index contributed by atoms with van der Waals surface area (Å²) in [6.45, 7) is 5.55. The molecule has 1 aromatic rings. The molecule has 0 bridgehead atoms. The van der Waals surface area contributed by atoms with Gasteiger partial charge < -0.3 is 10.0 Å². The molecule has 0 spiro atoms. The van der Waals surface area contributed by atoms with Crippen molar-refractivity contribution >= 4 is 23.6 Å². The second-order valence-corrected chi connectivity index (χ2v) is 5.01. The maximum absolute atomic E-state index is 4.24. The minimum atomic E-state index is 0.641. The van der Waals surface area contributed by atoms with Crippen molar-refractivity contribution in [2.75, 3.05) is 35.9 Å². The smallest absolute Gasteiger partial charge is 0.141 e. The number of likely N-dealkylation sites (N-methyl/N-ethyl adjacent to an activating group) is 1. The highest BCUT2D eigenvalue weighted by Gasteiger charge is 2.22. The largest absolute Gasteiger partial charge is 0.368 e. The average Bonchev–Trinajstić information content (AvgIpc) is 2.84. The van der Waals surface area contributed by atoms with Crippen molar-refractivity contribution in [2.45, 2.75) is 25.8 Å². The van der Waals surface area contributed by atoms with Crippen LogP contribution in [0.25, 0.3) is 0 Å². The Morgan fingerprint density at radius 2 is 2.28 bits per heavy atom. The first kappa shape index (κ1) is 13.4. The highest BCUT2D eigenvalue weighted by molar-refractivity contribution is 7.99. The van der Waals surface area contributed by atoms with Crippen molar-refractivity contribution in [1.29, 1.82) is 0 Å². The van der Waals surface area contributed by atoms with Gasteiger partial charge in [0, 0.05) is 24.9 Å². The minimum Gasteiger partial charge on any atom is -0.368 e. The molecule has 6 heteroatoms. The molecule has 1 aliphatic rings. The summed E-state index contributed by atoms with van der Waals surface area (Å²) in [5.74, 6) is 1.74. The van der Waals surface area contributed by atoms with E-state index in [0.29, 0.717) is 6.04 Å². The molecule has 0 radical (unpaired) electrons. The lowest BCUT2D eigenvalue weighted by atomic mass is 10.2. The van der Waals surface area contributed by atoms with Gasteiger partial charge in [0.1, 0.15) is 18.0 Å². The van der Waals surface area contributed by atoms with Crippen LogP contribution in [0, 0.1) is 0 Å². The van der Waals surface area contributed by atoms with Crippen LogP contribution in [0.2, 0.25) is 0 Å². The van der Waals surface area contributed by atoms with Gasteiger partial charge in [-0.3, -0.25) is 4.90 Å². The molecule has 1 atom stereocenters. The lowest BCUT2D eigenvalue weighted by Crippen LogP contribution is -2.34. The summed E-state index contributed by atoms with van der Waals surface area (Å²) in [5, 5.41) is 3.41. The third-order valence-electron chi connectivity index (χ3n) is 3.30. The molecule has 0 aromatic carbocycles. The van der Waals surface area contributed by atoms with E-state index < -0.39 is 0 Å². The third-order valence-corrected chi connectivity index (χ3v) is 3.71. The summed E-state index contributed by atoms with van der Waals surface area (Å²) in [7, 11) is 0. The molecule has 1 unspecified atom stereocenters. The molecule has 1 aromatic heterocycles. The quantitative estimate of drug-likeness (QED) is 0.770. The van der Waals surface area contributed by atoms with Crippen LogP contribution in [0.5, 0.6) is 0 Å². The van der Waals surface area contributed by atoms with Gasteiger partial charge in [0.05, 0.1) is 0 Å². The number of hydrogen-bond acceptors (Lipinski definition) is 6. The summed E-state index contributed by atoms with van der Waals surface area (Å²) >= 11 is 1.53. The Labute approximate surface area is 113 Å². The van der Waals surface area contributed by atoms with E-state index in [1.54, 1.807) is 6.33 Å². The van der Waals surface area contributed by atoms with E-state index in [9.17, 15) is 0 Å². The van der Waals surface area contributed by atoms with Gasteiger partial charge in [-0.15, -0.1) is 0 Å². The summed E-state index contributed by atoms with van der Waals surface area (Å²) in [6.07, 6.45) is 6.16.